The molecule has 0 spiro atoms. The van der Waals surface area contributed by atoms with E-state index in [1.165, 1.54) is 13.0 Å². The number of rotatable bonds is 4. The highest BCUT2D eigenvalue weighted by atomic mass is 16.6. The zero-order valence-electron chi connectivity index (χ0n) is 8.95. The molecule has 80 valence electrons. The molecule has 3 heteroatoms. The third kappa shape index (κ3) is 5.41. The lowest BCUT2D eigenvalue weighted by atomic mass is 10.2. The number of hydrogen-bond donors (Lipinski definition) is 0. The molecular formula is C12H14O3. The Morgan fingerprint density at radius 1 is 1.13 bits per heavy atom. The molecule has 0 saturated heterocycles. The zero-order valence-corrected chi connectivity index (χ0v) is 8.95. The van der Waals surface area contributed by atoms with Crippen LogP contribution >= 0.6 is 0 Å². The Morgan fingerprint density at radius 2 is 1.73 bits per heavy atom. The Morgan fingerprint density at radius 3 is 2.20 bits per heavy atom. The van der Waals surface area contributed by atoms with Gasteiger partial charge in [0.1, 0.15) is 0 Å². The number of carbonyl (C=O) groups is 2. The largest absolute Gasteiger partial charge is 0.386 e. The minimum absolute atomic E-state index is 0.192. The van der Waals surface area contributed by atoms with Crippen molar-refractivity contribution in [1.82, 2.24) is 0 Å². The van der Waals surface area contributed by atoms with Crippen molar-refractivity contribution < 1.29 is 14.3 Å². The molecule has 0 fully saturated rings. The van der Waals surface area contributed by atoms with Crippen molar-refractivity contribution in [3.8, 4) is 0 Å². The Labute approximate surface area is 89.4 Å². The SMILES string of the molecule is C=CC=CC=C(C)C(=O)OC(=O)C(=C)C. The summed E-state index contributed by atoms with van der Waals surface area (Å²) in [4.78, 5) is 22.2. The maximum Gasteiger partial charge on any atom is 0.341 e. The van der Waals surface area contributed by atoms with E-state index in [4.69, 9.17) is 0 Å². The van der Waals surface area contributed by atoms with Gasteiger partial charge in [-0.2, -0.15) is 0 Å². The van der Waals surface area contributed by atoms with Gasteiger partial charge in [0.25, 0.3) is 0 Å². The molecule has 0 heterocycles. The summed E-state index contributed by atoms with van der Waals surface area (Å²) in [5.74, 6) is -1.38. The first-order chi connectivity index (χ1) is 6.99. The van der Waals surface area contributed by atoms with Gasteiger partial charge in [0.15, 0.2) is 0 Å². The van der Waals surface area contributed by atoms with E-state index in [2.05, 4.69) is 17.9 Å². The second-order valence-corrected chi connectivity index (χ2v) is 2.93. The van der Waals surface area contributed by atoms with E-state index in [-0.39, 0.29) is 5.57 Å². The van der Waals surface area contributed by atoms with E-state index < -0.39 is 11.9 Å². The molecule has 0 N–H and O–H groups in total. The number of carbonyl (C=O) groups excluding carboxylic acids is 2. The van der Waals surface area contributed by atoms with Gasteiger partial charge in [0.05, 0.1) is 0 Å². The van der Waals surface area contributed by atoms with E-state index in [0.717, 1.165) is 0 Å². The fraction of sp³-hybridized carbons (Fsp3) is 0.167. The third-order valence-electron chi connectivity index (χ3n) is 1.45. The van der Waals surface area contributed by atoms with Crippen molar-refractivity contribution in [1.29, 1.82) is 0 Å². The van der Waals surface area contributed by atoms with Crippen molar-refractivity contribution in [3.05, 3.63) is 48.6 Å². The summed E-state index contributed by atoms with van der Waals surface area (Å²) in [7, 11) is 0. The third-order valence-corrected chi connectivity index (χ3v) is 1.45. The van der Waals surface area contributed by atoms with Gasteiger partial charge in [0, 0.05) is 11.1 Å². The van der Waals surface area contributed by atoms with Crippen LogP contribution in [0.25, 0.3) is 0 Å². The Hall–Kier alpha value is -1.90. The molecule has 15 heavy (non-hydrogen) atoms. The monoisotopic (exact) mass is 206 g/mol. The molecule has 0 aromatic heterocycles. The second-order valence-electron chi connectivity index (χ2n) is 2.93. The van der Waals surface area contributed by atoms with Crippen LogP contribution in [0, 0.1) is 0 Å². The minimum Gasteiger partial charge on any atom is -0.386 e. The fourth-order valence-corrected chi connectivity index (χ4v) is 0.598. The maximum absolute atomic E-state index is 11.2. The van der Waals surface area contributed by atoms with Gasteiger partial charge in [-0.05, 0) is 13.8 Å². The average molecular weight is 206 g/mol. The molecule has 0 aliphatic carbocycles. The maximum atomic E-state index is 11.2. The summed E-state index contributed by atoms with van der Waals surface area (Å²) >= 11 is 0. The van der Waals surface area contributed by atoms with E-state index in [0.29, 0.717) is 5.57 Å². The molecule has 0 bridgehead atoms. The molecule has 0 amide bonds. The number of allylic oxidation sites excluding steroid dienone is 4. The Kier molecular flexibility index (Phi) is 5.71. The summed E-state index contributed by atoms with van der Waals surface area (Å²) in [5, 5.41) is 0. The summed E-state index contributed by atoms with van der Waals surface area (Å²) in [6.07, 6.45) is 6.41. The van der Waals surface area contributed by atoms with E-state index >= 15 is 0 Å². The van der Waals surface area contributed by atoms with Crippen molar-refractivity contribution in [2.45, 2.75) is 13.8 Å². The van der Waals surface area contributed by atoms with Crippen molar-refractivity contribution in [3.63, 3.8) is 0 Å². The first-order valence-corrected chi connectivity index (χ1v) is 4.37. The van der Waals surface area contributed by atoms with Gasteiger partial charge in [-0.1, -0.05) is 37.5 Å². The zero-order chi connectivity index (χ0) is 11.8. The van der Waals surface area contributed by atoms with Crippen LogP contribution in [0.1, 0.15) is 13.8 Å². The van der Waals surface area contributed by atoms with Crippen LogP contribution < -0.4 is 0 Å². The standard InChI is InChI=1S/C12H14O3/c1-5-6-7-8-10(4)12(14)15-11(13)9(2)3/h5-8H,1-2H2,3-4H3. The Balaban J connectivity index is 4.40. The molecule has 0 aromatic carbocycles. The summed E-state index contributed by atoms with van der Waals surface area (Å²) in [5.41, 5.74) is 0.528. The van der Waals surface area contributed by atoms with Crippen LogP contribution in [0.3, 0.4) is 0 Å². The predicted molar refractivity (Wildman–Crippen MR) is 59.0 cm³/mol. The first kappa shape index (κ1) is 13.1. The summed E-state index contributed by atoms with van der Waals surface area (Å²) in [6.45, 7) is 9.88. The number of esters is 2. The Bertz CT molecular complexity index is 346. The predicted octanol–water partition coefficient (Wildman–Crippen LogP) is 2.32. The van der Waals surface area contributed by atoms with E-state index in [9.17, 15) is 9.59 Å². The molecule has 0 rings (SSSR count). The average Bonchev–Trinajstić information content (AvgIpc) is 2.17. The molecule has 0 aliphatic rings. The minimum atomic E-state index is -0.708. The molecule has 0 saturated carbocycles. The number of hydrogen-bond acceptors (Lipinski definition) is 3. The van der Waals surface area contributed by atoms with Gasteiger partial charge < -0.3 is 4.74 Å². The van der Waals surface area contributed by atoms with Crippen LogP contribution in [-0.2, 0) is 14.3 Å². The highest BCUT2D eigenvalue weighted by Gasteiger charge is 2.11. The number of ether oxygens (including phenoxy) is 1. The van der Waals surface area contributed by atoms with Gasteiger partial charge in [-0.25, -0.2) is 9.59 Å². The lowest BCUT2D eigenvalue weighted by Crippen LogP contribution is -2.13. The lowest BCUT2D eigenvalue weighted by Gasteiger charge is -2.01. The molecular weight excluding hydrogens is 192 g/mol. The smallest absolute Gasteiger partial charge is 0.341 e. The van der Waals surface area contributed by atoms with Crippen LogP contribution in [0.15, 0.2) is 48.6 Å². The highest BCUT2D eigenvalue weighted by Crippen LogP contribution is 2.00. The topological polar surface area (TPSA) is 43.4 Å². The quantitative estimate of drug-likeness (QED) is 0.307. The lowest BCUT2D eigenvalue weighted by molar-refractivity contribution is -0.153. The van der Waals surface area contributed by atoms with Gasteiger partial charge in [-0.3, -0.25) is 0 Å². The van der Waals surface area contributed by atoms with Crippen molar-refractivity contribution in [2.75, 3.05) is 0 Å². The molecule has 0 unspecified atom stereocenters. The van der Waals surface area contributed by atoms with Gasteiger partial charge in [0.2, 0.25) is 0 Å². The van der Waals surface area contributed by atoms with Crippen LogP contribution in [0.5, 0.6) is 0 Å². The summed E-state index contributed by atoms with van der Waals surface area (Å²) in [6, 6.07) is 0. The van der Waals surface area contributed by atoms with Crippen LogP contribution in [0.4, 0.5) is 0 Å². The van der Waals surface area contributed by atoms with Crippen LogP contribution in [-0.4, -0.2) is 11.9 Å². The normalized spacial score (nSPS) is 11.2. The van der Waals surface area contributed by atoms with E-state index in [1.807, 2.05) is 0 Å². The summed E-state index contributed by atoms with van der Waals surface area (Å²) < 4.78 is 4.50. The van der Waals surface area contributed by atoms with Gasteiger partial charge >= 0.3 is 11.9 Å². The first-order valence-electron chi connectivity index (χ1n) is 4.37. The van der Waals surface area contributed by atoms with Crippen molar-refractivity contribution >= 4 is 11.9 Å². The fourth-order valence-electron chi connectivity index (χ4n) is 0.598. The van der Waals surface area contributed by atoms with E-state index in [1.54, 1.807) is 25.2 Å². The highest BCUT2D eigenvalue weighted by molar-refractivity contribution is 6.01. The molecule has 0 aliphatic heterocycles. The second kappa shape index (κ2) is 6.54. The molecule has 0 aromatic rings. The van der Waals surface area contributed by atoms with Crippen LogP contribution in [0.2, 0.25) is 0 Å². The molecule has 3 nitrogen and oxygen atoms in total. The van der Waals surface area contributed by atoms with Gasteiger partial charge in [-0.15, -0.1) is 0 Å². The molecule has 0 radical (unpaired) electrons. The molecule has 0 atom stereocenters. The van der Waals surface area contributed by atoms with Crippen molar-refractivity contribution in [2.24, 2.45) is 0 Å².